The summed E-state index contributed by atoms with van der Waals surface area (Å²) in [6.07, 6.45) is -2.60. The first kappa shape index (κ1) is 18.7. The second-order valence-corrected chi connectivity index (χ2v) is 4.27. The maximum absolute atomic E-state index is 12.7. The van der Waals surface area contributed by atoms with Gasteiger partial charge in [-0.15, -0.1) is 12.4 Å². The highest BCUT2D eigenvalue weighted by atomic mass is 35.5. The molecule has 0 atom stereocenters. The van der Waals surface area contributed by atoms with Crippen LogP contribution in [-0.4, -0.2) is 5.91 Å². The highest BCUT2D eigenvalue weighted by Gasteiger charge is 2.31. The molecule has 0 radical (unpaired) electrons. The Morgan fingerprint density at radius 1 is 1.30 bits per heavy atom. The van der Waals surface area contributed by atoms with Crippen LogP contribution in [0.2, 0.25) is 0 Å². The largest absolute Gasteiger partial charge is 0.416 e. The molecular formula is C13H18ClF3N2O. The van der Waals surface area contributed by atoms with Crippen molar-refractivity contribution in [1.82, 2.24) is 0 Å². The predicted octanol–water partition coefficient (Wildman–Crippen LogP) is 3.71. The molecule has 0 saturated carbocycles. The summed E-state index contributed by atoms with van der Waals surface area (Å²) >= 11 is 0. The predicted molar refractivity (Wildman–Crippen MR) is 74.7 cm³/mol. The van der Waals surface area contributed by atoms with Crippen molar-refractivity contribution < 1.29 is 18.0 Å². The molecule has 7 heteroatoms. The van der Waals surface area contributed by atoms with Gasteiger partial charge in [0.25, 0.3) is 0 Å². The van der Waals surface area contributed by atoms with Gasteiger partial charge in [-0.25, -0.2) is 0 Å². The first-order valence-corrected chi connectivity index (χ1v) is 6.08. The summed E-state index contributed by atoms with van der Waals surface area (Å²) in [6.45, 7) is 1.92. The van der Waals surface area contributed by atoms with E-state index in [1.165, 1.54) is 6.07 Å². The number of carbonyl (C=O) groups is 1. The van der Waals surface area contributed by atoms with Gasteiger partial charge in [-0.05, 0) is 30.2 Å². The number of anilines is 1. The van der Waals surface area contributed by atoms with E-state index in [1.54, 1.807) is 0 Å². The molecule has 0 spiro atoms. The Bertz CT molecular complexity index is 450. The Balaban J connectivity index is 0.00000361. The van der Waals surface area contributed by atoms with Crippen LogP contribution < -0.4 is 11.1 Å². The van der Waals surface area contributed by atoms with Crippen LogP contribution in [0.4, 0.5) is 18.9 Å². The van der Waals surface area contributed by atoms with Crippen LogP contribution in [-0.2, 0) is 17.5 Å². The molecule has 0 aromatic heterocycles. The minimum Gasteiger partial charge on any atom is -0.326 e. The van der Waals surface area contributed by atoms with Gasteiger partial charge in [0.15, 0.2) is 0 Å². The normalized spacial score (nSPS) is 10.8. The van der Waals surface area contributed by atoms with E-state index in [2.05, 4.69) is 5.32 Å². The fraction of sp³-hybridized carbons (Fsp3) is 0.462. The van der Waals surface area contributed by atoms with Crippen LogP contribution in [0.3, 0.4) is 0 Å². The van der Waals surface area contributed by atoms with Crippen molar-refractivity contribution in [2.45, 2.75) is 38.9 Å². The van der Waals surface area contributed by atoms with Crippen LogP contribution in [0, 0.1) is 0 Å². The molecule has 3 N–H and O–H groups in total. The first-order chi connectivity index (χ1) is 8.86. The van der Waals surface area contributed by atoms with Crippen molar-refractivity contribution in [1.29, 1.82) is 0 Å². The third-order valence-electron chi connectivity index (χ3n) is 2.60. The molecule has 0 heterocycles. The summed E-state index contributed by atoms with van der Waals surface area (Å²) in [5, 5.41) is 2.47. The molecule has 3 nitrogen and oxygen atoms in total. The van der Waals surface area contributed by atoms with E-state index in [9.17, 15) is 18.0 Å². The van der Waals surface area contributed by atoms with E-state index in [1.807, 2.05) is 6.92 Å². The van der Waals surface area contributed by atoms with Gasteiger partial charge in [-0.1, -0.05) is 13.3 Å². The van der Waals surface area contributed by atoms with Crippen molar-refractivity contribution >= 4 is 24.0 Å². The van der Waals surface area contributed by atoms with Crippen molar-refractivity contribution in [3.05, 3.63) is 29.3 Å². The molecular weight excluding hydrogens is 293 g/mol. The average Bonchev–Trinajstić information content (AvgIpc) is 2.34. The number of nitrogens with one attached hydrogen (secondary N) is 1. The number of benzene rings is 1. The first-order valence-electron chi connectivity index (χ1n) is 6.08. The van der Waals surface area contributed by atoms with Crippen LogP contribution in [0.1, 0.15) is 37.3 Å². The van der Waals surface area contributed by atoms with E-state index >= 15 is 0 Å². The number of amides is 1. The number of hydrogen-bond acceptors (Lipinski definition) is 2. The van der Waals surface area contributed by atoms with Crippen LogP contribution >= 0.6 is 12.4 Å². The summed E-state index contributed by atoms with van der Waals surface area (Å²) < 4.78 is 38.0. The quantitative estimate of drug-likeness (QED) is 0.871. The Kier molecular flexibility index (Phi) is 7.60. The molecule has 1 amide bonds. The summed E-state index contributed by atoms with van der Waals surface area (Å²) in [7, 11) is 0. The lowest BCUT2D eigenvalue weighted by atomic mass is 10.1. The number of nitrogens with two attached hydrogens (primary N) is 1. The lowest BCUT2D eigenvalue weighted by Crippen LogP contribution is -2.14. The number of hydrogen-bond donors (Lipinski definition) is 2. The average molecular weight is 311 g/mol. The Morgan fingerprint density at radius 2 is 1.95 bits per heavy atom. The fourth-order valence-electron chi connectivity index (χ4n) is 1.61. The van der Waals surface area contributed by atoms with E-state index in [0.717, 1.165) is 18.6 Å². The second kappa shape index (κ2) is 8.11. The molecule has 1 aromatic rings. The molecule has 0 unspecified atom stereocenters. The van der Waals surface area contributed by atoms with Gasteiger partial charge in [0.05, 0.1) is 5.56 Å². The van der Waals surface area contributed by atoms with Crippen molar-refractivity contribution in [2.24, 2.45) is 5.73 Å². The fourth-order valence-corrected chi connectivity index (χ4v) is 1.61. The molecule has 0 aliphatic carbocycles. The standard InChI is InChI=1S/C13H17F3N2O.ClH/c1-2-3-4-12(19)18-11-6-9(8-17)5-10(7-11)13(14,15)16;/h5-7H,2-4,8,17H2,1H3,(H,18,19);1H. The van der Waals surface area contributed by atoms with Gasteiger partial charge >= 0.3 is 6.18 Å². The SMILES string of the molecule is CCCCC(=O)Nc1cc(CN)cc(C(F)(F)F)c1.Cl. The van der Waals surface area contributed by atoms with Gasteiger partial charge < -0.3 is 11.1 Å². The Hall–Kier alpha value is -1.27. The van der Waals surface area contributed by atoms with Crippen molar-refractivity contribution in [3.63, 3.8) is 0 Å². The smallest absolute Gasteiger partial charge is 0.326 e. The van der Waals surface area contributed by atoms with Crippen LogP contribution in [0.25, 0.3) is 0 Å². The van der Waals surface area contributed by atoms with Crippen LogP contribution in [0.15, 0.2) is 18.2 Å². The molecule has 0 saturated heterocycles. The monoisotopic (exact) mass is 310 g/mol. The Morgan fingerprint density at radius 3 is 2.45 bits per heavy atom. The third kappa shape index (κ3) is 5.79. The van der Waals surface area contributed by atoms with Gasteiger partial charge in [-0.2, -0.15) is 13.2 Å². The summed E-state index contributed by atoms with van der Waals surface area (Å²) in [5.74, 6) is -0.288. The summed E-state index contributed by atoms with van der Waals surface area (Å²) in [4.78, 5) is 11.5. The number of unbranched alkanes of at least 4 members (excludes halogenated alkanes) is 1. The molecule has 0 fully saturated rings. The van der Waals surface area contributed by atoms with E-state index in [4.69, 9.17) is 5.73 Å². The maximum Gasteiger partial charge on any atom is 0.416 e. The zero-order valence-corrected chi connectivity index (χ0v) is 11.9. The van der Waals surface area contributed by atoms with E-state index < -0.39 is 11.7 Å². The molecule has 0 aliphatic rings. The third-order valence-corrected chi connectivity index (χ3v) is 2.60. The second-order valence-electron chi connectivity index (χ2n) is 4.27. The van der Waals surface area contributed by atoms with E-state index in [-0.39, 0.29) is 30.5 Å². The van der Waals surface area contributed by atoms with Gasteiger partial charge in [-0.3, -0.25) is 4.79 Å². The van der Waals surface area contributed by atoms with Crippen LogP contribution in [0.5, 0.6) is 0 Å². The number of carbonyl (C=O) groups excluding carboxylic acids is 1. The van der Waals surface area contributed by atoms with Gasteiger partial charge in [0, 0.05) is 18.7 Å². The minimum absolute atomic E-state index is 0. The molecule has 0 bridgehead atoms. The lowest BCUT2D eigenvalue weighted by Gasteiger charge is -2.12. The Labute approximate surface area is 122 Å². The number of halogens is 4. The summed E-state index contributed by atoms with van der Waals surface area (Å²) in [5.41, 5.74) is 5.03. The van der Waals surface area contributed by atoms with Gasteiger partial charge in [0.2, 0.25) is 5.91 Å². The number of alkyl halides is 3. The molecule has 114 valence electrons. The lowest BCUT2D eigenvalue weighted by molar-refractivity contribution is -0.137. The van der Waals surface area contributed by atoms with E-state index in [0.29, 0.717) is 18.4 Å². The zero-order chi connectivity index (χ0) is 14.5. The zero-order valence-electron chi connectivity index (χ0n) is 11.1. The highest BCUT2D eigenvalue weighted by molar-refractivity contribution is 5.90. The maximum atomic E-state index is 12.7. The highest BCUT2D eigenvalue weighted by Crippen LogP contribution is 2.32. The molecule has 1 aromatic carbocycles. The van der Waals surface area contributed by atoms with Crippen molar-refractivity contribution in [2.75, 3.05) is 5.32 Å². The molecule has 1 rings (SSSR count). The van der Waals surface area contributed by atoms with Crippen molar-refractivity contribution in [3.8, 4) is 0 Å². The summed E-state index contributed by atoms with van der Waals surface area (Å²) in [6, 6.07) is 3.36. The minimum atomic E-state index is -4.45. The molecule has 20 heavy (non-hydrogen) atoms. The topological polar surface area (TPSA) is 55.1 Å². The number of rotatable bonds is 5. The van der Waals surface area contributed by atoms with Gasteiger partial charge in [0.1, 0.15) is 0 Å². The molecule has 0 aliphatic heterocycles.